The molecule has 2 nitrogen and oxygen atoms in total. The number of benzene rings is 1. The summed E-state index contributed by atoms with van der Waals surface area (Å²) >= 11 is 5.90. The van der Waals surface area contributed by atoms with Gasteiger partial charge in [0.15, 0.2) is 0 Å². The van der Waals surface area contributed by atoms with Crippen molar-refractivity contribution in [3.05, 3.63) is 23.2 Å². The molecule has 0 radical (unpaired) electrons. The van der Waals surface area contributed by atoms with Gasteiger partial charge in [-0.3, -0.25) is 0 Å². The first-order valence-electron chi connectivity index (χ1n) is 6.63. The molecule has 0 atom stereocenters. The first-order valence-corrected chi connectivity index (χ1v) is 7.01. The van der Waals surface area contributed by atoms with Gasteiger partial charge in [0, 0.05) is 12.2 Å². The lowest BCUT2D eigenvalue weighted by Gasteiger charge is -2.22. The Morgan fingerprint density at radius 1 is 1.26 bits per heavy atom. The molecule has 2 rings (SSSR count). The van der Waals surface area contributed by atoms with Crippen LogP contribution in [0, 0.1) is 5.92 Å². The van der Waals surface area contributed by atoms with Gasteiger partial charge in [-0.15, -0.1) is 0 Å². The summed E-state index contributed by atoms with van der Waals surface area (Å²) in [6.45, 7) is -1.94. The second-order valence-electron chi connectivity index (χ2n) is 4.91. The quantitative estimate of drug-likeness (QED) is 0.829. The largest absolute Gasteiger partial charge is 0.433 e. The van der Waals surface area contributed by atoms with Crippen molar-refractivity contribution < 1.29 is 13.5 Å². The second-order valence-corrected chi connectivity index (χ2v) is 5.32. The maximum atomic E-state index is 12.1. The Kier molecular flexibility index (Phi) is 5.25. The Hall–Kier alpha value is -1.03. The number of rotatable bonds is 5. The van der Waals surface area contributed by atoms with E-state index in [0.717, 1.165) is 12.2 Å². The van der Waals surface area contributed by atoms with Crippen molar-refractivity contribution >= 4 is 17.3 Å². The first-order chi connectivity index (χ1) is 9.15. The van der Waals surface area contributed by atoms with E-state index in [1.165, 1.54) is 38.2 Å². The molecule has 5 heteroatoms. The van der Waals surface area contributed by atoms with E-state index in [9.17, 15) is 8.78 Å². The van der Waals surface area contributed by atoms with Crippen molar-refractivity contribution in [3.63, 3.8) is 0 Å². The van der Waals surface area contributed by atoms with Crippen molar-refractivity contribution in [2.45, 2.75) is 38.7 Å². The maximum absolute atomic E-state index is 12.1. The normalized spacial score (nSPS) is 16.6. The van der Waals surface area contributed by atoms with Crippen molar-refractivity contribution in [1.82, 2.24) is 0 Å². The Balaban J connectivity index is 1.88. The fourth-order valence-corrected chi connectivity index (χ4v) is 2.68. The molecule has 19 heavy (non-hydrogen) atoms. The van der Waals surface area contributed by atoms with E-state index in [2.05, 4.69) is 10.1 Å². The number of hydrogen-bond acceptors (Lipinski definition) is 2. The summed E-state index contributed by atoms with van der Waals surface area (Å²) in [7, 11) is 0. The topological polar surface area (TPSA) is 21.3 Å². The molecule has 0 heterocycles. The minimum atomic E-state index is -2.85. The van der Waals surface area contributed by atoms with Crippen molar-refractivity contribution in [2.24, 2.45) is 5.92 Å². The third-order valence-corrected chi connectivity index (χ3v) is 3.76. The van der Waals surface area contributed by atoms with Crippen LogP contribution in [0.2, 0.25) is 5.02 Å². The molecule has 0 aromatic heterocycles. The smallest absolute Gasteiger partial charge is 0.387 e. The van der Waals surface area contributed by atoms with Gasteiger partial charge in [0.25, 0.3) is 0 Å². The molecule has 0 aliphatic heterocycles. The molecule has 106 valence electrons. The second kappa shape index (κ2) is 6.94. The van der Waals surface area contributed by atoms with Crippen LogP contribution in [0.4, 0.5) is 14.5 Å². The molecule has 1 N–H and O–H groups in total. The molecule has 1 fully saturated rings. The van der Waals surface area contributed by atoms with Crippen LogP contribution in [-0.2, 0) is 0 Å². The standard InChI is InChI=1S/C14H18ClF2NO/c15-12-8-11(6-7-13(12)19-14(16)17)18-9-10-4-2-1-3-5-10/h6-8,10,14,18H,1-5,9H2. The van der Waals surface area contributed by atoms with Gasteiger partial charge in [-0.25, -0.2) is 0 Å². The van der Waals surface area contributed by atoms with Crippen LogP contribution >= 0.6 is 11.6 Å². The highest BCUT2D eigenvalue weighted by Gasteiger charge is 2.13. The number of hydrogen-bond donors (Lipinski definition) is 1. The van der Waals surface area contributed by atoms with Crippen LogP contribution in [0.25, 0.3) is 0 Å². The molecule has 1 aromatic carbocycles. The van der Waals surface area contributed by atoms with Gasteiger partial charge in [-0.1, -0.05) is 30.9 Å². The van der Waals surface area contributed by atoms with Crippen molar-refractivity contribution in [3.8, 4) is 5.75 Å². The summed E-state index contributed by atoms with van der Waals surface area (Å²) in [4.78, 5) is 0. The Labute approximate surface area is 117 Å². The highest BCUT2D eigenvalue weighted by molar-refractivity contribution is 6.32. The molecule has 1 aliphatic carbocycles. The zero-order valence-corrected chi connectivity index (χ0v) is 11.4. The third kappa shape index (κ3) is 4.53. The Bertz CT molecular complexity index is 408. The lowest BCUT2D eigenvalue weighted by molar-refractivity contribution is -0.0497. The van der Waals surface area contributed by atoms with E-state index < -0.39 is 6.61 Å². The fraction of sp³-hybridized carbons (Fsp3) is 0.571. The lowest BCUT2D eigenvalue weighted by atomic mass is 9.89. The number of nitrogens with one attached hydrogen (secondary N) is 1. The van der Waals surface area contributed by atoms with E-state index >= 15 is 0 Å². The highest BCUT2D eigenvalue weighted by atomic mass is 35.5. The van der Waals surface area contributed by atoms with Crippen LogP contribution in [0.5, 0.6) is 5.75 Å². The van der Waals surface area contributed by atoms with Crippen LogP contribution in [0.1, 0.15) is 32.1 Å². The number of ether oxygens (including phenoxy) is 1. The zero-order chi connectivity index (χ0) is 13.7. The van der Waals surface area contributed by atoms with Crippen LogP contribution in [0.3, 0.4) is 0 Å². The Morgan fingerprint density at radius 3 is 2.63 bits per heavy atom. The van der Waals surface area contributed by atoms with E-state index in [1.807, 2.05) is 0 Å². The zero-order valence-electron chi connectivity index (χ0n) is 10.7. The summed E-state index contributed by atoms with van der Waals surface area (Å²) < 4.78 is 28.5. The van der Waals surface area contributed by atoms with E-state index in [4.69, 9.17) is 11.6 Å². The molecular formula is C14H18ClF2NO. The molecule has 0 unspecified atom stereocenters. The molecular weight excluding hydrogens is 272 g/mol. The van der Waals surface area contributed by atoms with Crippen LogP contribution in [-0.4, -0.2) is 13.2 Å². The molecule has 1 aliphatic rings. The minimum Gasteiger partial charge on any atom is -0.433 e. The van der Waals surface area contributed by atoms with E-state index in [1.54, 1.807) is 12.1 Å². The third-order valence-electron chi connectivity index (χ3n) is 3.47. The van der Waals surface area contributed by atoms with Gasteiger partial charge in [0.05, 0.1) is 5.02 Å². The number of halogens is 3. The van der Waals surface area contributed by atoms with Crippen LogP contribution < -0.4 is 10.1 Å². The summed E-state index contributed by atoms with van der Waals surface area (Å²) in [5, 5.41) is 3.51. The number of alkyl halides is 2. The summed E-state index contributed by atoms with van der Waals surface area (Å²) in [6.07, 6.45) is 6.45. The van der Waals surface area contributed by atoms with E-state index in [0.29, 0.717) is 5.92 Å². The van der Waals surface area contributed by atoms with Gasteiger partial charge < -0.3 is 10.1 Å². The van der Waals surface area contributed by atoms with Gasteiger partial charge in [0.1, 0.15) is 5.75 Å². The molecule has 1 aromatic rings. The van der Waals surface area contributed by atoms with Crippen molar-refractivity contribution in [2.75, 3.05) is 11.9 Å². The van der Waals surface area contributed by atoms with Crippen molar-refractivity contribution in [1.29, 1.82) is 0 Å². The molecule has 0 amide bonds. The predicted molar refractivity (Wildman–Crippen MR) is 73.1 cm³/mol. The van der Waals surface area contributed by atoms with Gasteiger partial charge in [0.2, 0.25) is 0 Å². The summed E-state index contributed by atoms with van der Waals surface area (Å²) in [5.74, 6) is 0.712. The minimum absolute atomic E-state index is 0.0138. The summed E-state index contributed by atoms with van der Waals surface area (Å²) in [6, 6.07) is 4.81. The summed E-state index contributed by atoms with van der Waals surface area (Å²) in [5.41, 5.74) is 0.845. The fourth-order valence-electron chi connectivity index (χ4n) is 2.46. The highest BCUT2D eigenvalue weighted by Crippen LogP contribution is 2.30. The average molecular weight is 290 g/mol. The molecule has 0 spiro atoms. The van der Waals surface area contributed by atoms with Gasteiger partial charge in [-0.05, 0) is 37.0 Å². The number of anilines is 1. The monoisotopic (exact) mass is 289 g/mol. The molecule has 1 saturated carbocycles. The average Bonchev–Trinajstić information content (AvgIpc) is 2.40. The molecule has 0 saturated heterocycles. The Morgan fingerprint density at radius 2 is 2.00 bits per heavy atom. The van der Waals surface area contributed by atoms with Crippen LogP contribution in [0.15, 0.2) is 18.2 Å². The molecule has 0 bridgehead atoms. The predicted octanol–water partition coefficient (Wildman–Crippen LogP) is 4.93. The first kappa shape index (κ1) is 14.4. The maximum Gasteiger partial charge on any atom is 0.387 e. The van der Waals surface area contributed by atoms with Gasteiger partial charge >= 0.3 is 6.61 Å². The SMILES string of the molecule is FC(F)Oc1ccc(NCC2CCCCC2)cc1Cl. The van der Waals surface area contributed by atoms with E-state index in [-0.39, 0.29) is 10.8 Å². The lowest BCUT2D eigenvalue weighted by Crippen LogP contribution is -2.17. The van der Waals surface area contributed by atoms with Gasteiger partial charge in [-0.2, -0.15) is 8.78 Å².